The molecule has 0 aromatic carbocycles. The number of nitrogens with one attached hydrogen (secondary N) is 1. The van der Waals surface area contributed by atoms with Crippen molar-refractivity contribution >= 4 is 5.91 Å². The minimum Gasteiger partial charge on any atom is -0.351 e. The van der Waals surface area contributed by atoms with E-state index >= 15 is 0 Å². The highest BCUT2D eigenvalue weighted by atomic mass is 16.1. The van der Waals surface area contributed by atoms with Gasteiger partial charge in [-0.15, -0.1) is 0 Å². The predicted octanol–water partition coefficient (Wildman–Crippen LogP) is 5.38. The molecule has 0 bridgehead atoms. The van der Waals surface area contributed by atoms with Gasteiger partial charge in [-0.25, -0.2) is 0 Å². The Morgan fingerprint density at radius 1 is 0.950 bits per heavy atom. The van der Waals surface area contributed by atoms with E-state index < -0.39 is 0 Å². The molecule has 0 aliphatic rings. The van der Waals surface area contributed by atoms with E-state index in [4.69, 9.17) is 0 Å². The summed E-state index contributed by atoms with van der Waals surface area (Å²) in [5, 5.41) is 3.25. The van der Waals surface area contributed by atoms with Gasteiger partial charge in [0.05, 0.1) is 0 Å². The maximum atomic E-state index is 12.0. The number of hydrogen-bond acceptors (Lipinski definition) is 1. The molecule has 0 saturated heterocycles. The van der Waals surface area contributed by atoms with Crippen LogP contribution in [0.15, 0.2) is 11.6 Å². The quantitative estimate of drug-likeness (QED) is 0.400. The molecule has 2 nitrogen and oxygen atoms in total. The third kappa shape index (κ3) is 7.12. The molecule has 0 fully saturated rings. The minimum atomic E-state index is 0.0224. The summed E-state index contributed by atoms with van der Waals surface area (Å²) in [6.45, 7) is 10.9. The summed E-state index contributed by atoms with van der Waals surface area (Å²) in [5.41, 5.74) is 1.56. The highest BCUT2D eigenvalue weighted by molar-refractivity contribution is 5.76. The maximum Gasteiger partial charge on any atom is 0.220 e. The summed E-state index contributed by atoms with van der Waals surface area (Å²) in [6, 6.07) is 0. The topological polar surface area (TPSA) is 29.1 Å². The summed E-state index contributed by atoms with van der Waals surface area (Å²) < 4.78 is 0. The van der Waals surface area contributed by atoms with Gasteiger partial charge >= 0.3 is 0 Å². The smallest absolute Gasteiger partial charge is 0.220 e. The van der Waals surface area contributed by atoms with Gasteiger partial charge in [0, 0.05) is 12.0 Å². The molecule has 0 heterocycles. The van der Waals surface area contributed by atoms with Crippen LogP contribution in [0.25, 0.3) is 0 Å². The Kier molecular flexibility index (Phi) is 10.5. The lowest BCUT2D eigenvalue weighted by Gasteiger charge is -2.31. The maximum absolute atomic E-state index is 12.0. The Balaban J connectivity index is 3.97. The van der Waals surface area contributed by atoms with Crippen molar-refractivity contribution in [2.45, 2.75) is 97.9 Å². The Bertz CT molecular complexity index is 276. The Morgan fingerprint density at radius 3 is 1.95 bits per heavy atom. The first-order chi connectivity index (χ1) is 9.57. The van der Waals surface area contributed by atoms with Crippen molar-refractivity contribution in [2.75, 3.05) is 0 Å². The lowest BCUT2D eigenvalue weighted by atomic mass is 9.89. The van der Waals surface area contributed by atoms with Gasteiger partial charge in [0.15, 0.2) is 0 Å². The predicted molar refractivity (Wildman–Crippen MR) is 88.9 cm³/mol. The van der Waals surface area contributed by atoms with Crippen molar-refractivity contribution in [2.24, 2.45) is 0 Å². The Morgan fingerprint density at radius 2 is 1.50 bits per heavy atom. The average molecular weight is 281 g/mol. The van der Waals surface area contributed by atoms with Crippen LogP contribution in [0.5, 0.6) is 0 Å². The lowest BCUT2D eigenvalue weighted by molar-refractivity contribution is -0.123. The van der Waals surface area contributed by atoms with E-state index in [2.05, 4.69) is 46.0 Å². The molecule has 1 amide bonds. The van der Waals surface area contributed by atoms with Crippen molar-refractivity contribution in [3.05, 3.63) is 11.6 Å². The van der Waals surface area contributed by atoms with Crippen LogP contribution in [0.4, 0.5) is 0 Å². The minimum absolute atomic E-state index is 0.0224. The van der Waals surface area contributed by atoms with Gasteiger partial charge in [0.2, 0.25) is 5.91 Å². The summed E-state index contributed by atoms with van der Waals surface area (Å²) in [5.74, 6) is 0.228. The normalized spacial score (nSPS) is 11.2. The van der Waals surface area contributed by atoms with Crippen molar-refractivity contribution in [1.29, 1.82) is 0 Å². The number of carbonyl (C=O) groups is 1. The second-order valence-corrected chi connectivity index (χ2v) is 5.70. The number of carbonyl (C=O) groups excluding carboxylic acids is 1. The largest absolute Gasteiger partial charge is 0.351 e. The standard InChI is InChI=1S/C18H35NO/c1-6-16(7-2)14-12-11-13-15-17(20)19-18(8-3,9-4)10-5/h14H,6-13,15H2,1-5H3,(H,19,20). The molecular formula is C18H35NO. The Hall–Kier alpha value is -0.790. The fourth-order valence-corrected chi connectivity index (χ4v) is 2.65. The van der Waals surface area contributed by atoms with Crippen LogP contribution in [-0.4, -0.2) is 11.4 Å². The molecule has 0 aromatic heterocycles. The van der Waals surface area contributed by atoms with E-state index in [0.717, 1.165) is 51.4 Å². The summed E-state index contributed by atoms with van der Waals surface area (Å²) in [7, 11) is 0. The zero-order valence-electron chi connectivity index (χ0n) is 14.3. The lowest BCUT2D eigenvalue weighted by Crippen LogP contribution is -2.47. The molecule has 0 unspecified atom stereocenters. The van der Waals surface area contributed by atoms with Gasteiger partial charge < -0.3 is 5.32 Å². The molecule has 0 aliphatic carbocycles. The molecule has 0 atom stereocenters. The Labute approximate surface area is 126 Å². The molecular weight excluding hydrogens is 246 g/mol. The van der Waals surface area contributed by atoms with Gasteiger partial charge in [-0.05, 0) is 51.4 Å². The molecule has 0 rings (SSSR count). The highest BCUT2D eigenvalue weighted by Gasteiger charge is 2.25. The molecule has 0 aromatic rings. The third-order valence-electron chi connectivity index (χ3n) is 4.63. The van der Waals surface area contributed by atoms with E-state index in [1.165, 1.54) is 5.57 Å². The molecule has 20 heavy (non-hydrogen) atoms. The first-order valence-electron chi connectivity index (χ1n) is 8.56. The van der Waals surface area contributed by atoms with Crippen LogP contribution < -0.4 is 5.32 Å². The molecule has 1 N–H and O–H groups in total. The molecule has 2 heteroatoms. The molecule has 0 saturated carbocycles. The summed E-state index contributed by atoms with van der Waals surface area (Å²) in [4.78, 5) is 12.0. The SMILES string of the molecule is CCC(=CCCCCC(=O)NC(CC)(CC)CC)CC. The van der Waals surface area contributed by atoms with E-state index in [9.17, 15) is 4.79 Å². The third-order valence-corrected chi connectivity index (χ3v) is 4.63. The number of amides is 1. The van der Waals surface area contributed by atoms with Crippen molar-refractivity contribution in [1.82, 2.24) is 5.32 Å². The molecule has 118 valence electrons. The van der Waals surface area contributed by atoms with Gasteiger partial charge in [-0.2, -0.15) is 0 Å². The second kappa shape index (κ2) is 10.9. The van der Waals surface area contributed by atoms with E-state index in [1.54, 1.807) is 0 Å². The van der Waals surface area contributed by atoms with Gasteiger partial charge in [-0.3, -0.25) is 4.79 Å². The van der Waals surface area contributed by atoms with Crippen molar-refractivity contribution in [3.63, 3.8) is 0 Å². The first-order valence-corrected chi connectivity index (χ1v) is 8.56. The second-order valence-electron chi connectivity index (χ2n) is 5.70. The summed E-state index contributed by atoms with van der Waals surface area (Å²) >= 11 is 0. The van der Waals surface area contributed by atoms with Crippen molar-refractivity contribution in [3.8, 4) is 0 Å². The fraction of sp³-hybridized carbons (Fsp3) is 0.833. The van der Waals surface area contributed by atoms with E-state index in [0.29, 0.717) is 6.42 Å². The van der Waals surface area contributed by atoms with Crippen LogP contribution in [0, 0.1) is 0 Å². The summed E-state index contributed by atoms with van der Waals surface area (Å²) in [6.07, 6.45) is 11.6. The number of hydrogen-bond donors (Lipinski definition) is 1. The van der Waals surface area contributed by atoms with Crippen LogP contribution >= 0.6 is 0 Å². The number of rotatable bonds is 11. The van der Waals surface area contributed by atoms with E-state index in [1.807, 2.05) is 0 Å². The fourth-order valence-electron chi connectivity index (χ4n) is 2.65. The van der Waals surface area contributed by atoms with Crippen molar-refractivity contribution < 1.29 is 4.79 Å². The van der Waals surface area contributed by atoms with Crippen LogP contribution in [0.3, 0.4) is 0 Å². The molecule has 0 aliphatic heterocycles. The molecule has 0 spiro atoms. The highest BCUT2D eigenvalue weighted by Crippen LogP contribution is 2.19. The zero-order valence-corrected chi connectivity index (χ0v) is 14.3. The van der Waals surface area contributed by atoms with Gasteiger partial charge in [0.25, 0.3) is 0 Å². The number of allylic oxidation sites excluding steroid dienone is 2. The monoisotopic (exact) mass is 281 g/mol. The van der Waals surface area contributed by atoms with E-state index in [-0.39, 0.29) is 11.4 Å². The average Bonchev–Trinajstić information content (AvgIpc) is 2.48. The first kappa shape index (κ1) is 19.2. The van der Waals surface area contributed by atoms with Crippen LogP contribution in [0.1, 0.15) is 92.4 Å². The number of unbranched alkanes of at least 4 members (excludes halogenated alkanes) is 2. The van der Waals surface area contributed by atoms with Crippen LogP contribution in [-0.2, 0) is 4.79 Å². The van der Waals surface area contributed by atoms with Crippen LogP contribution in [0.2, 0.25) is 0 Å². The van der Waals surface area contributed by atoms with Gasteiger partial charge in [-0.1, -0.05) is 46.3 Å². The zero-order chi connectivity index (χ0) is 15.4. The molecule has 0 radical (unpaired) electrons. The van der Waals surface area contributed by atoms with Gasteiger partial charge in [0.1, 0.15) is 0 Å².